The second kappa shape index (κ2) is 7.02. The van der Waals surface area contributed by atoms with Crippen molar-refractivity contribution in [3.05, 3.63) is 29.8 Å². The van der Waals surface area contributed by atoms with Gasteiger partial charge in [-0.15, -0.1) is 0 Å². The molecule has 2 atom stereocenters. The lowest BCUT2D eigenvalue weighted by Gasteiger charge is -2.34. The Balaban J connectivity index is 1.74. The van der Waals surface area contributed by atoms with Crippen molar-refractivity contribution >= 4 is 17.2 Å². The summed E-state index contributed by atoms with van der Waals surface area (Å²) in [6, 6.07) is 7.52. The van der Waals surface area contributed by atoms with Gasteiger partial charge in [0.25, 0.3) is 0 Å². The van der Waals surface area contributed by atoms with E-state index in [2.05, 4.69) is 11.8 Å². The van der Waals surface area contributed by atoms with E-state index in [1.54, 1.807) is 0 Å². The van der Waals surface area contributed by atoms with Gasteiger partial charge in [-0.1, -0.05) is 19.1 Å². The molecular formula is C15H22N2O2S. The van der Waals surface area contributed by atoms with Gasteiger partial charge in [-0.05, 0) is 36.6 Å². The lowest BCUT2D eigenvalue weighted by atomic mass is 9.97. The molecule has 1 aromatic rings. The maximum Gasteiger partial charge on any atom is 0.119 e. The lowest BCUT2D eigenvalue weighted by Crippen LogP contribution is -2.43. The summed E-state index contributed by atoms with van der Waals surface area (Å²) in [5.41, 5.74) is 6.40. The summed E-state index contributed by atoms with van der Waals surface area (Å²) < 4.78 is 5.72. The molecule has 3 N–H and O–H groups in total. The molecule has 4 nitrogen and oxygen atoms in total. The van der Waals surface area contributed by atoms with E-state index in [0.717, 1.165) is 37.4 Å². The smallest absolute Gasteiger partial charge is 0.119 e. The van der Waals surface area contributed by atoms with Crippen molar-refractivity contribution in [1.82, 2.24) is 4.90 Å². The lowest BCUT2D eigenvalue weighted by molar-refractivity contribution is 0.0304. The quantitative estimate of drug-likeness (QED) is 0.804. The third kappa shape index (κ3) is 4.16. The third-order valence-electron chi connectivity index (χ3n) is 3.76. The Bertz CT molecular complexity index is 450. The summed E-state index contributed by atoms with van der Waals surface area (Å²) >= 11 is 4.91. The van der Waals surface area contributed by atoms with Gasteiger partial charge in [-0.2, -0.15) is 0 Å². The van der Waals surface area contributed by atoms with Gasteiger partial charge in [-0.3, -0.25) is 4.90 Å². The molecule has 1 aliphatic rings. The van der Waals surface area contributed by atoms with Crippen molar-refractivity contribution in [2.75, 3.05) is 26.2 Å². The molecular weight excluding hydrogens is 272 g/mol. The van der Waals surface area contributed by atoms with Crippen LogP contribution in [-0.2, 0) is 0 Å². The summed E-state index contributed by atoms with van der Waals surface area (Å²) in [6.45, 7) is 5.50. The highest BCUT2D eigenvalue weighted by atomic mass is 32.1. The number of hydrogen-bond acceptors (Lipinski definition) is 4. The first-order valence-corrected chi connectivity index (χ1v) is 7.40. The Labute approximate surface area is 125 Å². The molecule has 0 saturated carbocycles. The van der Waals surface area contributed by atoms with Crippen LogP contribution in [-0.4, -0.2) is 47.3 Å². The fourth-order valence-corrected chi connectivity index (χ4v) is 2.57. The average Bonchev–Trinajstić information content (AvgIpc) is 2.43. The molecule has 2 unspecified atom stereocenters. The van der Waals surface area contributed by atoms with Gasteiger partial charge in [0.05, 0.1) is 6.10 Å². The molecule has 1 fully saturated rings. The number of ether oxygens (including phenoxy) is 1. The molecule has 0 aliphatic carbocycles. The molecule has 0 spiro atoms. The maximum absolute atomic E-state index is 9.69. The van der Waals surface area contributed by atoms with Crippen molar-refractivity contribution in [2.24, 2.45) is 11.7 Å². The van der Waals surface area contributed by atoms with E-state index in [1.807, 2.05) is 24.3 Å². The third-order valence-corrected chi connectivity index (χ3v) is 3.99. The van der Waals surface area contributed by atoms with E-state index in [-0.39, 0.29) is 6.10 Å². The van der Waals surface area contributed by atoms with E-state index in [0.29, 0.717) is 17.5 Å². The van der Waals surface area contributed by atoms with E-state index in [4.69, 9.17) is 22.7 Å². The number of piperidine rings is 1. The van der Waals surface area contributed by atoms with Crippen molar-refractivity contribution in [3.8, 4) is 5.75 Å². The highest BCUT2D eigenvalue weighted by Gasteiger charge is 2.23. The average molecular weight is 294 g/mol. The number of hydrogen-bond donors (Lipinski definition) is 2. The fourth-order valence-electron chi connectivity index (χ4n) is 2.43. The van der Waals surface area contributed by atoms with E-state index in [1.165, 1.54) is 0 Å². The van der Waals surface area contributed by atoms with Crippen LogP contribution in [0.4, 0.5) is 0 Å². The van der Waals surface area contributed by atoms with Crippen LogP contribution < -0.4 is 10.5 Å². The molecule has 0 radical (unpaired) electrons. The van der Waals surface area contributed by atoms with Gasteiger partial charge in [0.1, 0.15) is 17.3 Å². The predicted octanol–water partition coefficient (Wildman–Crippen LogP) is 1.40. The monoisotopic (exact) mass is 294 g/mol. The zero-order valence-electron chi connectivity index (χ0n) is 11.8. The van der Waals surface area contributed by atoms with Crippen LogP contribution in [0.3, 0.4) is 0 Å². The Kier molecular flexibility index (Phi) is 5.34. The molecule has 0 aromatic heterocycles. The second-order valence-electron chi connectivity index (χ2n) is 5.37. The molecule has 1 aliphatic heterocycles. The Hall–Kier alpha value is -1.17. The molecule has 1 heterocycles. The highest BCUT2D eigenvalue weighted by Crippen LogP contribution is 2.16. The summed E-state index contributed by atoms with van der Waals surface area (Å²) in [7, 11) is 0. The fraction of sp³-hybridized carbons (Fsp3) is 0.533. The van der Waals surface area contributed by atoms with Crippen molar-refractivity contribution in [2.45, 2.75) is 19.4 Å². The number of rotatable bonds is 5. The van der Waals surface area contributed by atoms with Crippen molar-refractivity contribution in [3.63, 3.8) is 0 Å². The van der Waals surface area contributed by atoms with Crippen LogP contribution in [0.25, 0.3) is 0 Å². The molecule has 0 amide bonds. The van der Waals surface area contributed by atoms with E-state index in [9.17, 15) is 5.11 Å². The minimum atomic E-state index is -0.153. The molecule has 0 bridgehead atoms. The van der Waals surface area contributed by atoms with Gasteiger partial charge < -0.3 is 15.6 Å². The molecule has 20 heavy (non-hydrogen) atoms. The molecule has 1 aromatic carbocycles. The van der Waals surface area contributed by atoms with E-state index >= 15 is 0 Å². The van der Waals surface area contributed by atoms with Gasteiger partial charge in [-0.25, -0.2) is 0 Å². The number of benzene rings is 1. The Morgan fingerprint density at radius 3 is 2.75 bits per heavy atom. The first-order valence-electron chi connectivity index (χ1n) is 6.99. The van der Waals surface area contributed by atoms with Crippen LogP contribution in [0.1, 0.15) is 18.9 Å². The standard InChI is InChI=1S/C15H22N2O2S/c1-11-10-17(7-6-14(11)18)8-9-19-13-4-2-12(3-5-13)15(16)20/h2-5,11,14,18H,6-10H2,1H3,(H2,16,20). The second-order valence-corrected chi connectivity index (χ2v) is 5.81. The zero-order valence-corrected chi connectivity index (χ0v) is 12.6. The number of thiocarbonyl (C=S) groups is 1. The van der Waals surface area contributed by atoms with Crippen LogP contribution in [0.2, 0.25) is 0 Å². The SMILES string of the molecule is CC1CN(CCOc2ccc(C(N)=S)cc2)CCC1O. The molecule has 1 saturated heterocycles. The van der Waals surface area contributed by atoms with Gasteiger partial charge in [0, 0.05) is 25.2 Å². The van der Waals surface area contributed by atoms with Crippen LogP contribution in [0.15, 0.2) is 24.3 Å². The minimum absolute atomic E-state index is 0.153. The normalized spacial score (nSPS) is 23.5. The van der Waals surface area contributed by atoms with Gasteiger partial charge >= 0.3 is 0 Å². The topological polar surface area (TPSA) is 58.7 Å². The van der Waals surface area contributed by atoms with Crippen molar-refractivity contribution < 1.29 is 9.84 Å². The first kappa shape index (κ1) is 15.2. The number of likely N-dealkylation sites (tertiary alicyclic amines) is 1. The maximum atomic E-state index is 9.69. The number of nitrogens with two attached hydrogens (primary N) is 1. The Morgan fingerprint density at radius 2 is 2.15 bits per heavy atom. The molecule has 110 valence electrons. The number of aliphatic hydroxyl groups excluding tert-OH is 1. The highest BCUT2D eigenvalue weighted by molar-refractivity contribution is 7.80. The summed E-state index contributed by atoms with van der Waals surface area (Å²) in [6.07, 6.45) is 0.698. The van der Waals surface area contributed by atoms with Gasteiger partial charge in [0.2, 0.25) is 0 Å². The van der Waals surface area contributed by atoms with E-state index < -0.39 is 0 Å². The largest absolute Gasteiger partial charge is 0.492 e. The van der Waals surface area contributed by atoms with Crippen molar-refractivity contribution in [1.29, 1.82) is 0 Å². The summed E-state index contributed by atoms with van der Waals surface area (Å²) in [4.78, 5) is 2.73. The molecule has 5 heteroatoms. The van der Waals surface area contributed by atoms with Crippen LogP contribution >= 0.6 is 12.2 Å². The Morgan fingerprint density at radius 1 is 1.45 bits per heavy atom. The molecule has 2 rings (SSSR count). The number of aliphatic hydroxyl groups is 1. The predicted molar refractivity (Wildman–Crippen MR) is 84.1 cm³/mol. The minimum Gasteiger partial charge on any atom is -0.492 e. The van der Waals surface area contributed by atoms with Crippen LogP contribution in [0, 0.1) is 5.92 Å². The first-order chi connectivity index (χ1) is 9.56. The van der Waals surface area contributed by atoms with Crippen LogP contribution in [0.5, 0.6) is 5.75 Å². The zero-order chi connectivity index (χ0) is 14.5. The number of nitrogens with zero attached hydrogens (tertiary/aromatic N) is 1. The summed E-state index contributed by atoms with van der Waals surface area (Å²) in [5.74, 6) is 1.17. The summed E-state index contributed by atoms with van der Waals surface area (Å²) in [5, 5.41) is 9.69. The van der Waals surface area contributed by atoms with Gasteiger partial charge in [0.15, 0.2) is 0 Å².